The number of hydrogen-bond acceptors (Lipinski definition) is 3. The van der Waals surface area contributed by atoms with Gasteiger partial charge >= 0.3 is 12.1 Å². The highest BCUT2D eigenvalue weighted by atomic mass is 35.5. The third kappa shape index (κ3) is 6.01. The Kier molecular flexibility index (Phi) is 7.04. The van der Waals surface area contributed by atoms with Crippen molar-refractivity contribution in [3.05, 3.63) is 34.3 Å². The molecule has 0 radical (unpaired) electrons. The van der Waals surface area contributed by atoms with Gasteiger partial charge in [0.15, 0.2) is 0 Å². The van der Waals surface area contributed by atoms with Crippen molar-refractivity contribution in [2.24, 2.45) is 0 Å². The first-order valence-corrected chi connectivity index (χ1v) is 7.47. The van der Waals surface area contributed by atoms with Crippen molar-refractivity contribution in [2.45, 2.75) is 32.6 Å². The average molecular weight is 367 g/mol. The van der Waals surface area contributed by atoms with Crippen molar-refractivity contribution >= 4 is 23.5 Å². The molecule has 1 aromatic rings. The number of rotatable bonds is 7. The van der Waals surface area contributed by atoms with Crippen molar-refractivity contribution in [1.82, 2.24) is 10.2 Å². The second-order valence-corrected chi connectivity index (χ2v) is 5.68. The van der Waals surface area contributed by atoms with E-state index in [0.717, 1.165) is 18.2 Å². The van der Waals surface area contributed by atoms with Crippen molar-refractivity contribution in [1.29, 1.82) is 0 Å². The Morgan fingerprint density at radius 1 is 1.38 bits per heavy atom. The molecule has 0 fully saturated rings. The van der Waals surface area contributed by atoms with Gasteiger partial charge in [0.25, 0.3) is 0 Å². The summed E-state index contributed by atoms with van der Waals surface area (Å²) in [5.74, 6) is -1.41. The topological polar surface area (TPSA) is 69.6 Å². The minimum absolute atomic E-state index is 0.0875. The summed E-state index contributed by atoms with van der Waals surface area (Å²) in [6, 6.07) is 1.96. The molecule has 9 heteroatoms. The molecule has 5 nitrogen and oxygen atoms in total. The SMILES string of the molecule is CC(=O)NCCN(Cc1cc(C(F)(F)F)ccc1Cl)C(C)C(=O)O. The van der Waals surface area contributed by atoms with Gasteiger partial charge in [-0.25, -0.2) is 0 Å². The summed E-state index contributed by atoms with van der Waals surface area (Å²) in [5.41, 5.74) is -0.686. The first kappa shape index (κ1) is 20.2. The van der Waals surface area contributed by atoms with E-state index in [1.54, 1.807) is 0 Å². The van der Waals surface area contributed by atoms with Gasteiger partial charge < -0.3 is 10.4 Å². The number of carboxylic acid groups (broad SMARTS) is 1. The maximum atomic E-state index is 12.8. The highest BCUT2D eigenvalue weighted by Crippen LogP contribution is 2.32. The van der Waals surface area contributed by atoms with Crippen LogP contribution in [-0.2, 0) is 22.3 Å². The summed E-state index contributed by atoms with van der Waals surface area (Å²) in [6.07, 6.45) is -4.52. The lowest BCUT2D eigenvalue weighted by atomic mass is 10.1. The molecule has 0 aliphatic carbocycles. The standard InChI is InChI=1S/C15H18ClF3N2O3/c1-9(14(23)24)21(6-5-20-10(2)22)8-11-7-12(15(17,18)19)3-4-13(11)16/h3-4,7,9H,5-6,8H2,1-2H3,(H,20,22)(H,23,24). The molecule has 0 heterocycles. The minimum atomic E-state index is -4.52. The summed E-state index contributed by atoms with van der Waals surface area (Å²) in [6.45, 7) is 2.96. The molecule has 24 heavy (non-hydrogen) atoms. The quantitative estimate of drug-likeness (QED) is 0.778. The molecule has 1 aromatic carbocycles. The number of carboxylic acids is 1. The van der Waals surface area contributed by atoms with E-state index in [4.69, 9.17) is 16.7 Å². The summed E-state index contributed by atoms with van der Waals surface area (Å²) >= 11 is 5.95. The van der Waals surface area contributed by atoms with Crippen LogP contribution in [0.15, 0.2) is 18.2 Å². The van der Waals surface area contributed by atoms with Crippen molar-refractivity contribution in [3.63, 3.8) is 0 Å². The summed E-state index contributed by atoms with van der Waals surface area (Å²) in [7, 11) is 0. The molecule has 134 valence electrons. The molecule has 2 N–H and O–H groups in total. The van der Waals surface area contributed by atoms with Gasteiger partial charge in [0, 0.05) is 31.6 Å². The zero-order chi connectivity index (χ0) is 18.5. The fraction of sp³-hybridized carbons (Fsp3) is 0.467. The third-order valence-corrected chi connectivity index (χ3v) is 3.79. The van der Waals surface area contributed by atoms with E-state index >= 15 is 0 Å². The highest BCUT2D eigenvalue weighted by Gasteiger charge is 2.31. The fourth-order valence-electron chi connectivity index (χ4n) is 2.03. The molecular weight excluding hydrogens is 349 g/mol. The molecule has 0 saturated heterocycles. The van der Waals surface area contributed by atoms with Crippen LogP contribution < -0.4 is 5.32 Å². The molecule has 1 unspecified atom stereocenters. The van der Waals surface area contributed by atoms with Crippen LogP contribution in [0, 0.1) is 0 Å². The Bertz CT molecular complexity index is 608. The van der Waals surface area contributed by atoms with E-state index in [2.05, 4.69) is 5.32 Å². The largest absolute Gasteiger partial charge is 0.480 e. The minimum Gasteiger partial charge on any atom is -0.480 e. The van der Waals surface area contributed by atoms with Crippen LogP contribution in [0.1, 0.15) is 25.0 Å². The number of halogens is 4. The number of nitrogens with one attached hydrogen (secondary N) is 1. The van der Waals surface area contributed by atoms with Crippen LogP contribution in [0.25, 0.3) is 0 Å². The van der Waals surface area contributed by atoms with Crippen molar-refractivity contribution in [3.8, 4) is 0 Å². The van der Waals surface area contributed by atoms with Gasteiger partial charge in [0.2, 0.25) is 5.91 Å². The second-order valence-electron chi connectivity index (χ2n) is 5.27. The van der Waals surface area contributed by atoms with Gasteiger partial charge in [0.1, 0.15) is 6.04 Å². The first-order chi connectivity index (χ1) is 11.0. The van der Waals surface area contributed by atoms with Gasteiger partial charge in [-0.1, -0.05) is 11.6 Å². The lowest BCUT2D eigenvalue weighted by molar-refractivity contribution is -0.143. The normalized spacial score (nSPS) is 13.0. The van der Waals surface area contributed by atoms with Crippen molar-refractivity contribution in [2.75, 3.05) is 13.1 Å². The second kappa shape index (κ2) is 8.34. The van der Waals surface area contributed by atoms with Crippen LogP contribution >= 0.6 is 11.6 Å². The van der Waals surface area contributed by atoms with Crippen LogP contribution in [0.3, 0.4) is 0 Å². The molecule has 0 bridgehead atoms. The summed E-state index contributed by atoms with van der Waals surface area (Å²) in [4.78, 5) is 23.5. The molecule has 1 amide bonds. The van der Waals surface area contributed by atoms with Crippen LogP contribution in [-0.4, -0.2) is 41.0 Å². The number of benzene rings is 1. The first-order valence-electron chi connectivity index (χ1n) is 7.09. The number of aliphatic carboxylic acids is 1. The number of carbonyl (C=O) groups is 2. The van der Waals surface area contributed by atoms with E-state index < -0.39 is 23.8 Å². The molecule has 1 atom stereocenters. The van der Waals surface area contributed by atoms with Gasteiger partial charge in [-0.05, 0) is 30.7 Å². The number of nitrogens with zero attached hydrogens (tertiary/aromatic N) is 1. The van der Waals surface area contributed by atoms with E-state index in [9.17, 15) is 22.8 Å². The molecule has 0 saturated carbocycles. The molecule has 0 aromatic heterocycles. The summed E-state index contributed by atoms with van der Waals surface area (Å²) in [5, 5.41) is 11.8. The van der Waals surface area contributed by atoms with E-state index in [1.165, 1.54) is 18.7 Å². The smallest absolute Gasteiger partial charge is 0.416 e. The molecule has 0 spiro atoms. The number of hydrogen-bond donors (Lipinski definition) is 2. The Hall–Kier alpha value is -1.80. The van der Waals surface area contributed by atoms with E-state index in [0.29, 0.717) is 0 Å². The maximum absolute atomic E-state index is 12.8. The number of alkyl halides is 3. The van der Waals surface area contributed by atoms with Crippen LogP contribution in [0.4, 0.5) is 13.2 Å². The van der Waals surface area contributed by atoms with Gasteiger partial charge in [0.05, 0.1) is 5.56 Å². The van der Waals surface area contributed by atoms with Gasteiger partial charge in [-0.2, -0.15) is 13.2 Å². The number of amides is 1. The van der Waals surface area contributed by atoms with E-state index in [1.807, 2.05) is 0 Å². The zero-order valence-corrected chi connectivity index (χ0v) is 13.9. The summed E-state index contributed by atoms with van der Waals surface area (Å²) < 4.78 is 38.5. The monoisotopic (exact) mass is 366 g/mol. The van der Waals surface area contributed by atoms with Crippen LogP contribution in [0.5, 0.6) is 0 Å². The lowest BCUT2D eigenvalue weighted by Crippen LogP contribution is -2.42. The van der Waals surface area contributed by atoms with Gasteiger partial charge in [-0.15, -0.1) is 0 Å². The highest BCUT2D eigenvalue weighted by molar-refractivity contribution is 6.31. The predicted molar refractivity (Wildman–Crippen MR) is 82.6 cm³/mol. The third-order valence-electron chi connectivity index (χ3n) is 3.42. The molecule has 0 aliphatic heterocycles. The molecule has 0 aliphatic rings. The Morgan fingerprint density at radius 3 is 2.50 bits per heavy atom. The maximum Gasteiger partial charge on any atom is 0.416 e. The number of carbonyl (C=O) groups excluding carboxylic acids is 1. The van der Waals surface area contributed by atoms with Crippen LogP contribution in [0.2, 0.25) is 5.02 Å². The van der Waals surface area contributed by atoms with E-state index in [-0.39, 0.29) is 36.1 Å². The molecule has 1 rings (SSSR count). The molecular formula is C15H18ClF3N2O3. The predicted octanol–water partition coefficient (Wildman–Crippen LogP) is 2.77. The Labute approximate surface area is 142 Å². The zero-order valence-electron chi connectivity index (χ0n) is 13.2. The average Bonchev–Trinajstić information content (AvgIpc) is 2.45. The Morgan fingerprint density at radius 2 is 2.00 bits per heavy atom. The lowest BCUT2D eigenvalue weighted by Gasteiger charge is -2.27. The fourth-order valence-corrected chi connectivity index (χ4v) is 2.21. The van der Waals surface area contributed by atoms with Crippen molar-refractivity contribution < 1.29 is 27.9 Å². The van der Waals surface area contributed by atoms with Gasteiger partial charge in [-0.3, -0.25) is 14.5 Å². The Balaban J connectivity index is 3.00.